The molecule has 0 aliphatic carbocycles. The van der Waals surface area contributed by atoms with Gasteiger partial charge in [0.25, 0.3) is 0 Å². The molecule has 4 heteroatoms. The van der Waals surface area contributed by atoms with Crippen LogP contribution in [0.3, 0.4) is 0 Å². The van der Waals surface area contributed by atoms with E-state index in [-0.39, 0.29) is 34.7 Å². The zero-order chi connectivity index (χ0) is 22.4. The molecule has 2 aliphatic heterocycles. The Labute approximate surface area is 186 Å². The summed E-state index contributed by atoms with van der Waals surface area (Å²) in [5, 5.41) is 0. The van der Waals surface area contributed by atoms with E-state index in [1.54, 1.807) is 4.90 Å². The van der Waals surface area contributed by atoms with Crippen LogP contribution < -0.4 is 0 Å². The van der Waals surface area contributed by atoms with Gasteiger partial charge in [0.05, 0.1) is 0 Å². The molecule has 2 heterocycles. The largest absolute Gasteiger partial charge is 0.301 e. The first-order chi connectivity index (χ1) is 14.1. The normalized spacial score (nSPS) is 26.5. The van der Waals surface area contributed by atoms with Crippen LogP contribution >= 0.6 is 0 Å². The van der Waals surface area contributed by atoms with E-state index in [4.69, 9.17) is 0 Å². The van der Waals surface area contributed by atoms with Gasteiger partial charge in [0.1, 0.15) is 0 Å². The molecular formula is C26H48N2O2. The average molecular weight is 421 g/mol. The maximum absolute atomic E-state index is 13.2. The Hall–Kier alpha value is -0.900. The van der Waals surface area contributed by atoms with E-state index in [9.17, 15) is 9.59 Å². The highest BCUT2D eigenvalue weighted by atomic mass is 16.2. The third-order valence-corrected chi connectivity index (χ3v) is 8.60. The van der Waals surface area contributed by atoms with Crippen molar-refractivity contribution >= 4 is 11.8 Å². The van der Waals surface area contributed by atoms with E-state index in [1.807, 2.05) is 0 Å². The molecule has 0 saturated carbocycles. The first-order valence-electron chi connectivity index (χ1n) is 12.7. The van der Waals surface area contributed by atoms with Crippen LogP contribution in [0.5, 0.6) is 0 Å². The third kappa shape index (κ3) is 5.66. The van der Waals surface area contributed by atoms with Gasteiger partial charge in [0.2, 0.25) is 11.8 Å². The molecule has 2 fully saturated rings. The van der Waals surface area contributed by atoms with Crippen molar-refractivity contribution < 1.29 is 9.59 Å². The molecule has 2 amide bonds. The molecule has 30 heavy (non-hydrogen) atoms. The van der Waals surface area contributed by atoms with E-state index in [0.29, 0.717) is 6.42 Å². The predicted molar refractivity (Wildman–Crippen MR) is 125 cm³/mol. The van der Waals surface area contributed by atoms with Gasteiger partial charge in [-0.25, -0.2) is 0 Å². The molecule has 0 aromatic heterocycles. The lowest BCUT2D eigenvalue weighted by atomic mass is 9.64. The van der Waals surface area contributed by atoms with Gasteiger partial charge < -0.3 is 4.90 Å². The minimum atomic E-state index is -0.128. The van der Waals surface area contributed by atoms with Gasteiger partial charge in [-0.1, -0.05) is 85.0 Å². The summed E-state index contributed by atoms with van der Waals surface area (Å²) in [5.41, 5.74) is -0.178. The summed E-state index contributed by atoms with van der Waals surface area (Å²) in [5.74, 6) is 0.0926. The van der Waals surface area contributed by atoms with Crippen LogP contribution in [0.2, 0.25) is 0 Å². The quantitative estimate of drug-likeness (QED) is 0.279. The second kappa shape index (κ2) is 11.1. The summed E-state index contributed by atoms with van der Waals surface area (Å²) in [6.45, 7) is 12.1. The molecule has 2 rings (SSSR count). The van der Waals surface area contributed by atoms with E-state index in [1.165, 1.54) is 57.8 Å². The van der Waals surface area contributed by atoms with Gasteiger partial charge >= 0.3 is 0 Å². The highest BCUT2D eigenvalue weighted by molar-refractivity contribution is 6.04. The second-order valence-electron chi connectivity index (χ2n) is 11.0. The van der Waals surface area contributed by atoms with Gasteiger partial charge in [-0.15, -0.1) is 0 Å². The summed E-state index contributed by atoms with van der Waals surface area (Å²) in [6.07, 6.45) is 15.2. The number of likely N-dealkylation sites (tertiary alicyclic amines) is 2. The molecule has 2 unspecified atom stereocenters. The topological polar surface area (TPSA) is 40.6 Å². The van der Waals surface area contributed by atoms with Crippen molar-refractivity contribution in [3.05, 3.63) is 0 Å². The van der Waals surface area contributed by atoms with E-state index in [2.05, 4.69) is 46.6 Å². The number of nitrogens with zero attached hydrogens (tertiary/aromatic N) is 2. The standard InChI is InChI=1S/C26H48N2O2/c1-7-8-9-10-11-12-13-14-15-16-17-21-20-23(29)28(24(21)30)22-18-19-27(6)26(4,5)25(22,2)3/h21-22H,7-20H2,1-6H3. The van der Waals surface area contributed by atoms with Crippen molar-refractivity contribution in [1.82, 2.24) is 9.80 Å². The van der Waals surface area contributed by atoms with Crippen LogP contribution in [-0.2, 0) is 9.59 Å². The minimum Gasteiger partial charge on any atom is -0.301 e. The van der Waals surface area contributed by atoms with Gasteiger partial charge in [0.15, 0.2) is 0 Å². The van der Waals surface area contributed by atoms with Crippen LogP contribution in [0, 0.1) is 11.3 Å². The van der Waals surface area contributed by atoms with Gasteiger partial charge in [-0.3, -0.25) is 14.5 Å². The lowest BCUT2D eigenvalue weighted by Gasteiger charge is -2.57. The number of hydrogen-bond donors (Lipinski definition) is 0. The molecule has 2 aliphatic rings. The number of piperidine rings is 1. The summed E-state index contributed by atoms with van der Waals surface area (Å²) in [6, 6.07) is 0.0152. The summed E-state index contributed by atoms with van der Waals surface area (Å²) < 4.78 is 0. The van der Waals surface area contributed by atoms with Crippen LogP contribution in [0.25, 0.3) is 0 Å². The van der Waals surface area contributed by atoms with Crippen LogP contribution in [0.4, 0.5) is 0 Å². The molecule has 0 radical (unpaired) electrons. The first kappa shape index (κ1) is 25.4. The Kier molecular flexibility index (Phi) is 9.39. The highest BCUT2D eigenvalue weighted by Gasteiger charge is 2.55. The number of unbranched alkanes of at least 4 members (excludes halogenated alkanes) is 9. The fourth-order valence-electron chi connectivity index (χ4n) is 5.45. The minimum absolute atomic E-state index is 0.0152. The van der Waals surface area contributed by atoms with Gasteiger partial charge in [0, 0.05) is 35.9 Å². The highest BCUT2D eigenvalue weighted by Crippen LogP contribution is 2.46. The Morgan fingerprint density at radius 2 is 1.40 bits per heavy atom. The summed E-state index contributed by atoms with van der Waals surface area (Å²) >= 11 is 0. The lowest BCUT2D eigenvalue weighted by molar-refractivity contribution is -0.153. The molecule has 0 spiro atoms. The Bertz CT molecular complexity index is 569. The fourth-order valence-corrected chi connectivity index (χ4v) is 5.45. The number of amides is 2. The SMILES string of the molecule is CCCCCCCCCCCCC1CC(=O)N(C2CCN(C)C(C)(C)C2(C)C)C1=O. The van der Waals surface area contributed by atoms with Crippen molar-refractivity contribution in [2.45, 2.75) is 130 Å². The van der Waals surface area contributed by atoms with Crippen LogP contribution in [0.15, 0.2) is 0 Å². The number of carbonyl (C=O) groups is 2. The van der Waals surface area contributed by atoms with Crippen LogP contribution in [-0.4, -0.2) is 46.8 Å². The Morgan fingerprint density at radius 3 is 1.97 bits per heavy atom. The zero-order valence-electron chi connectivity index (χ0n) is 20.8. The number of carbonyl (C=O) groups excluding carboxylic acids is 2. The second-order valence-corrected chi connectivity index (χ2v) is 11.0. The van der Waals surface area contributed by atoms with Crippen molar-refractivity contribution in [2.24, 2.45) is 11.3 Å². The molecule has 0 aromatic carbocycles. The number of rotatable bonds is 12. The summed E-state index contributed by atoms with van der Waals surface area (Å²) in [7, 11) is 2.15. The maximum atomic E-state index is 13.2. The van der Waals surface area contributed by atoms with Gasteiger partial charge in [-0.05, 0) is 33.7 Å². The van der Waals surface area contributed by atoms with Crippen molar-refractivity contribution in [3.8, 4) is 0 Å². The predicted octanol–water partition coefficient (Wildman–Crippen LogP) is 6.18. The first-order valence-corrected chi connectivity index (χ1v) is 12.7. The molecule has 0 N–H and O–H groups in total. The molecule has 0 bridgehead atoms. The molecular weight excluding hydrogens is 372 g/mol. The van der Waals surface area contributed by atoms with Crippen molar-refractivity contribution in [1.29, 1.82) is 0 Å². The monoisotopic (exact) mass is 420 g/mol. The van der Waals surface area contributed by atoms with E-state index >= 15 is 0 Å². The Morgan fingerprint density at radius 1 is 0.867 bits per heavy atom. The lowest BCUT2D eigenvalue weighted by Crippen LogP contribution is -2.66. The van der Waals surface area contributed by atoms with Gasteiger partial charge in [-0.2, -0.15) is 0 Å². The summed E-state index contributed by atoms with van der Waals surface area (Å²) in [4.78, 5) is 30.1. The van der Waals surface area contributed by atoms with Crippen LogP contribution in [0.1, 0.15) is 118 Å². The molecule has 0 aromatic rings. The maximum Gasteiger partial charge on any atom is 0.233 e. The molecule has 2 saturated heterocycles. The molecule has 2 atom stereocenters. The smallest absolute Gasteiger partial charge is 0.233 e. The van der Waals surface area contributed by atoms with E-state index in [0.717, 1.165) is 25.8 Å². The molecule has 174 valence electrons. The Balaban J connectivity index is 1.76. The number of hydrogen-bond acceptors (Lipinski definition) is 3. The third-order valence-electron chi connectivity index (χ3n) is 8.60. The number of imide groups is 1. The van der Waals surface area contributed by atoms with E-state index < -0.39 is 0 Å². The zero-order valence-corrected chi connectivity index (χ0v) is 20.8. The van der Waals surface area contributed by atoms with Crippen molar-refractivity contribution in [2.75, 3.05) is 13.6 Å². The average Bonchev–Trinajstić information content (AvgIpc) is 2.96. The molecule has 4 nitrogen and oxygen atoms in total. The fraction of sp³-hybridized carbons (Fsp3) is 0.923. The van der Waals surface area contributed by atoms with Crippen molar-refractivity contribution in [3.63, 3.8) is 0 Å².